The quantitative estimate of drug-likeness (QED) is 0.780. The van der Waals surface area contributed by atoms with Crippen LogP contribution in [0.5, 0.6) is 0 Å². The fraction of sp³-hybridized carbons (Fsp3) is 0.714. The molecule has 2 heterocycles. The van der Waals surface area contributed by atoms with Gasteiger partial charge in [0, 0.05) is 18.9 Å². The minimum Gasteiger partial charge on any atom is -0.480 e. The van der Waals surface area contributed by atoms with Crippen LogP contribution in [0.1, 0.15) is 58.3 Å². The van der Waals surface area contributed by atoms with Gasteiger partial charge in [0.1, 0.15) is 17.9 Å². The second kappa shape index (κ2) is 7.68. The summed E-state index contributed by atoms with van der Waals surface area (Å²) >= 11 is 0. The summed E-state index contributed by atoms with van der Waals surface area (Å²) in [7, 11) is 0. The average Bonchev–Trinajstić information content (AvgIpc) is 3.26. The zero-order valence-corrected chi connectivity index (χ0v) is 16.5. The van der Waals surface area contributed by atoms with E-state index in [-0.39, 0.29) is 17.2 Å². The average molecular weight is 386 g/mol. The van der Waals surface area contributed by atoms with Crippen molar-refractivity contribution in [1.82, 2.24) is 14.9 Å². The van der Waals surface area contributed by atoms with Crippen LogP contribution in [0.25, 0.3) is 0 Å². The van der Waals surface area contributed by atoms with Crippen molar-refractivity contribution < 1.29 is 14.7 Å². The minimum absolute atomic E-state index is 0.0249. The lowest BCUT2D eigenvalue weighted by atomic mass is 9.83. The number of carboxylic acid groups (broad SMARTS) is 1. The van der Waals surface area contributed by atoms with Crippen LogP contribution in [0.3, 0.4) is 0 Å². The van der Waals surface area contributed by atoms with Crippen LogP contribution in [-0.4, -0.2) is 50.5 Å². The Morgan fingerprint density at radius 3 is 2.68 bits per heavy atom. The van der Waals surface area contributed by atoms with Crippen LogP contribution in [-0.2, 0) is 9.59 Å². The Morgan fingerprint density at radius 1 is 1.29 bits per heavy atom. The molecule has 1 aromatic rings. The fourth-order valence-corrected chi connectivity index (χ4v) is 5.47. The summed E-state index contributed by atoms with van der Waals surface area (Å²) in [4.78, 5) is 35.6. The van der Waals surface area contributed by atoms with E-state index in [9.17, 15) is 14.7 Å². The number of hydrogen-bond acceptors (Lipinski definition) is 5. The third-order valence-electron chi connectivity index (χ3n) is 7.13. The van der Waals surface area contributed by atoms with Gasteiger partial charge in [-0.1, -0.05) is 32.6 Å². The van der Waals surface area contributed by atoms with Gasteiger partial charge in [0.15, 0.2) is 0 Å². The number of aliphatic carboxylic acids is 1. The van der Waals surface area contributed by atoms with E-state index in [0.717, 1.165) is 38.5 Å². The van der Waals surface area contributed by atoms with Gasteiger partial charge in [-0.05, 0) is 42.9 Å². The molecular formula is C21H30N4O3. The zero-order valence-electron chi connectivity index (χ0n) is 16.5. The molecule has 3 fully saturated rings. The highest BCUT2D eigenvalue weighted by molar-refractivity contribution is 5.90. The SMILES string of the molecule is CC[C@H]1C[C@]12C[C@@H](C(=O)O)N(C(=O)[C@@H](Nc1cnccn1)C1CCCCC1)C2. The van der Waals surface area contributed by atoms with Crippen molar-refractivity contribution in [3.63, 3.8) is 0 Å². The number of anilines is 1. The summed E-state index contributed by atoms with van der Waals surface area (Å²) < 4.78 is 0. The molecule has 4 rings (SSSR count). The number of carboxylic acids is 1. The second-order valence-corrected chi connectivity index (χ2v) is 8.81. The minimum atomic E-state index is -0.881. The van der Waals surface area contributed by atoms with E-state index < -0.39 is 18.1 Å². The van der Waals surface area contributed by atoms with Gasteiger partial charge in [-0.15, -0.1) is 0 Å². The number of carbonyl (C=O) groups excluding carboxylic acids is 1. The number of nitrogens with one attached hydrogen (secondary N) is 1. The predicted molar refractivity (Wildman–Crippen MR) is 105 cm³/mol. The number of rotatable bonds is 6. The van der Waals surface area contributed by atoms with Gasteiger partial charge in [-0.25, -0.2) is 9.78 Å². The largest absolute Gasteiger partial charge is 0.480 e. The van der Waals surface area contributed by atoms with Crippen LogP contribution in [0.4, 0.5) is 5.82 Å². The Hall–Kier alpha value is -2.18. The number of nitrogens with zero attached hydrogens (tertiary/aromatic N) is 3. The molecule has 2 aliphatic carbocycles. The molecule has 3 aliphatic rings. The lowest BCUT2D eigenvalue weighted by molar-refractivity contribution is -0.149. The van der Waals surface area contributed by atoms with Crippen LogP contribution in [0.2, 0.25) is 0 Å². The van der Waals surface area contributed by atoms with E-state index in [0.29, 0.717) is 24.7 Å². The van der Waals surface area contributed by atoms with Gasteiger partial charge in [-0.3, -0.25) is 9.78 Å². The molecule has 1 aromatic heterocycles. The Morgan fingerprint density at radius 2 is 2.07 bits per heavy atom. The van der Waals surface area contributed by atoms with E-state index in [1.165, 1.54) is 6.42 Å². The summed E-state index contributed by atoms with van der Waals surface area (Å²) in [6, 6.07) is -1.15. The van der Waals surface area contributed by atoms with Crippen LogP contribution in [0.15, 0.2) is 18.6 Å². The third-order valence-corrected chi connectivity index (χ3v) is 7.13. The van der Waals surface area contributed by atoms with Crippen molar-refractivity contribution in [2.24, 2.45) is 17.3 Å². The van der Waals surface area contributed by atoms with Gasteiger partial charge in [-0.2, -0.15) is 0 Å². The normalized spacial score (nSPS) is 31.0. The first-order valence-corrected chi connectivity index (χ1v) is 10.6. The monoisotopic (exact) mass is 386 g/mol. The first-order chi connectivity index (χ1) is 13.5. The lowest BCUT2D eigenvalue weighted by Gasteiger charge is -2.34. The fourth-order valence-electron chi connectivity index (χ4n) is 5.47. The summed E-state index contributed by atoms with van der Waals surface area (Å²) in [6.45, 7) is 2.73. The molecule has 4 atom stereocenters. The van der Waals surface area contributed by atoms with Gasteiger partial charge in [0.2, 0.25) is 5.91 Å². The molecule has 152 valence electrons. The number of carbonyl (C=O) groups is 2. The van der Waals surface area contributed by atoms with Crippen molar-refractivity contribution in [3.8, 4) is 0 Å². The number of hydrogen-bond donors (Lipinski definition) is 2. The first kappa shape index (κ1) is 19.2. The van der Waals surface area contributed by atoms with E-state index in [1.807, 2.05) is 0 Å². The molecule has 2 saturated carbocycles. The molecule has 0 unspecified atom stereocenters. The van der Waals surface area contributed by atoms with Gasteiger partial charge in [0.05, 0.1) is 6.20 Å². The molecule has 7 nitrogen and oxygen atoms in total. The summed E-state index contributed by atoms with van der Waals surface area (Å²) in [6.07, 6.45) is 12.9. The predicted octanol–water partition coefficient (Wildman–Crippen LogP) is 2.94. The van der Waals surface area contributed by atoms with E-state index in [4.69, 9.17) is 0 Å². The molecule has 2 N–H and O–H groups in total. The Bertz CT molecular complexity index is 722. The Kier molecular flexibility index (Phi) is 5.25. The first-order valence-electron chi connectivity index (χ1n) is 10.6. The highest BCUT2D eigenvalue weighted by Gasteiger charge is 2.61. The maximum atomic E-state index is 13.6. The second-order valence-electron chi connectivity index (χ2n) is 8.81. The summed E-state index contributed by atoms with van der Waals surface area (Å²) in [5.74, 6) is 0.367. The maximum Gasteiger partial charge on any atom is 0.326 e. The van der Waals surface area contributed by atoms with Crippen molar-refractivity contribution in [1.29, 1.82) is 0 Å². The van der Waals surface area contributed by atoms with E-state index >= 15 is 0 Å². The number of amides is 1. The van der Waals surface area contributed by atoms with Gasteiger partial charge < -0.3 is 15.3 Å². The maximum absolute atomic E-state index is 13.6. The van der Waals surface area contributed by atoms with Crippen molar-refractivity contribution in [3.05, 3.63) is 18.6 Å². The van der Waals surface area contributed by atoms with Crippen molar-refractivity contribution >= 4 is 17.7 Å². The van der Waals surface area contributed by atoms with Crippen molar-refractivity contribution in [2.45, 2.75) is 70.4 Å². The third kappa shape index (κ3) is 3.59. The Labute approximate surface area is 165 Å². The standard InChI is InChI=1S/C21H30N4O3/c1-2-15-10-21(15)11-16(20(27)28)25(13-21)19(26)18(14-6-4-3-5-7-14)24-17-12-22-8-9-23-17/h8-9,12,14-16,18H,2-7,10-11,13H2,1H3,(H,23,24)(H,27,28)/t15-,16-,18-,21+/m0/s1. The molecule has 0 aromatic carbocycles. The number of likely N-dealkylation sites (tertiary alicyclic amines) is 1. The molecule has 1 amide bonds. The molecule has 1 saturated heterocycles. The van der Waals surface area contributed by atoms with E-state index in [2.05, 4.69) is 22.2 Å². The molecular weight excluding hydrogens is 356 g/mol. The highest BCUT2D eigenvalue weighted by atomic mass is 16.4. The molecule has 0 bridgehead atoms. The van der Waals surface area contributed by atoms with Crippen LogP contribution < -0.4 is 5.32 Å². The molecule has 1 spiro atoms. The molecule has 1 aliphatic heterocycles. The molecule has 28 heavy (non-hydrogen) atoms. The number of aromatic nitrogens is 2. The van der Waals surface area contributed by atoms with Gasteiger partial charge in [0.25, 0.3) is 0 Å². The Balaban J connectivity index is 1.57. The smallest absolute Gasteiger partial charge is 0.326 e. The highest BCUT2D eigenvalue weighted by Crippen LogP contribution is 2.61. The van der Waals surface area contributed by atoms with Gasteiger partial charge >= 0.3 is 5.97 Å². The van der Waals surface area contributed by atoms with Crippen molar-refractivity contribution in [2.75, 3.05) is 11.9 Å². The molecule has 7 heteroatoms. The van der Waals surface area contributed by atoms with Crippen LogP contribution >= 0.6 is 0 Å². The summed E-state index contributed by atoms with van der Waals surface area (Å²) in [5, 5.41) is 13.1. The lowest BCUT2D eigenvalue weighted by Crippen LogP contribution is -2.51. The van der Waals surface area contributed by atoms with Crippen LogP contribution in [0, 0.1) is 17.3 Å². The summed E-state index contributed by atoms with van der Waals surface area (Å²) in [5.41, 5.74) is 0.0249. The zero-order chi connectivity index (χ0) is 19.7. The molecule has 0 radical (unpaired) electrons. The topological polar surface area (TPSA) is 95.4 Å². The van der Waals surface area contributed by atoms with E-state index in [1.54, 1.807) is 23.5 Å².